The van der Waals surface area contributed by atoms with Gasteiger partial charge in [0.05, 0.1) is 0 Å². The normalized spacial score (nSPS) is 10.6. The van der Waals surface area contributed by atoms with Gasteiger partial charge in [0.15, 0.2) is 5.82 Å². The van der Waals surface area contributed by atoms with E-state index in [0.717, 1.165) is 36.7 Å². The summed E-state index contributed by atoms with van der Waals surface area (Å²) in [5.41, 5.74) is 0.918. The Morgan fingerprint density at radius 3 is 2.70 bits per heavy atom. The number of nitrogens with zero attached hydrogens (tertiary/aromatic N) is 4. The van der Waals surface area contributed by atoms with Gasteiger partial charge in [0, 0.05) is 31.4 Å². The Labute approximate surface area is 119 Å². The Kier molecular flexibility index (Phi) is 4.55. The largest absolute Gasteiger partial charge is 0.360 e. The molecular formula is C14H21N5O. The summed E-state index contributed by atoms with van der Waals surface area (Å²) in [5.74, 6) is 2.82. The summed E-state index contributed by atoms with van der Waals surface area (Å²) in [6.45, 7) is 6.96. The molecule has 0 aliphatic carbocycles. The zero-order valence-corrected chi connectivity index (χ0v) is 12.5. The second-order valence-electron chi connectivity index (χ2n) is 4.91. The number of anilines is 3. The molecule has 6 nitrogen and oxygen atoms in total. The van der Waals surface area contributed by atoms with Gasteiger partial charge in [0.25, 0.3) is 0 Å². The summed E-state index contributed by atoms with van der Waals surface area (Å²) >= 11 is 0. The Hall–Kier alpha value is -2.11. The van der Waals surface area contributed by atoms with Crippen molar-refractivity contribution in [1.29, 1.82) is 0 Å². The van der Waals surface area contributed by atoms with Crippen LogP contribution in [0.25, 0.3) is 0 Å². The Balaban J connectivity index is 2.15. The molecule has 2 rings (SSSR count). The lowest BCUT2D eigenvalue weighted by Crippen LogP contribution is -2.20. The number of aryl methyl sites for hydroxylation is 2. The third kappa shape index (κ3) is 3.69. The first-order valence-corrected chi connectivity index (χ1v) is 6.85. The van der Waals surface area contributed by atoms with Gasteiger partial charge in [-0.2, -0.15) is 4.98 Å². The first kappa shape index (κ1) is 14.3. The maximum Gasteiger partial charge on any atom is 0.230 e. The molecule has 0 amide bonds. The highest BCUT2D eigenvalue weighted by atomic mass is 16.5. The van der Waals surface area contributed by atoms with Crippen molar-refractivity contribution < 1.29 is 4.52 Å². The van der Waals surface area contributed by atoms with Crippen LogP contribution in [0.4, 0.5) is 17.6 Å². The fourth-order valence-electron chi connectivity index (χ4n) is 1.85. The first-order valence-electron chi connectivity index (χ1n) is 6.85. The summed E-state index contributed by atoms with van der Waals surface area (Å²) in [6, 6.07) is 3.79. The number of aromatic nitrogens is 3. The van der Waals surface area contributed by atoms with E-state index < -0.39 is 0 Å². The van der Waals surface area contributed by atoms with Gasteiger partial charge in [-0.15, -0.1) is 0 Å². The van der Waals surface area contributed by atoms with Crippen molar-refractivity contribution in [3.05, 3.63) is 23.6 Å². The maximum atomic E-state index is 5.02. The lowest BCUT2D eigenvalue weighted by atomic mass is 10.3. The summed E-state index contributed by atoms with van der Waals surface area (Å²) in [7, 11) is 2.04. The van der Waals surface area contributed by atoms with Gasteiger partial charge in [-0.3, -0.25) is 0 Å². The number of hydrogen-bond donors (Lipinski definition) is 1. The number of rotatable bonds is 6. The van der Waals surface area contributed by atoms with Gasteiger partial charge in [-0.25, -0.2) is 4.98 Å². The summed E-state index contributed by atoms with van der Waals surface area (Å²) in [5, 5.41) is 6.95. The second kappa shape index (κ2) is 6.36. The van der Waals surface area contributed by atoms with Crippen LogP contribution in [0.15, 0.2) is 16.7 Å². The lowest BCUT2D eigenvalue weighted by Gasteiger charge is -2.18. The highest BCUT2D eigenvalue weighted by molar-refractivity contribution is 5.51. The van der Waals surface area contributed by atoms with Crippen molar-refractivity contribution >= 4 is 17.6 Å². The Morgan fingerprint density at radius 1 is 1.25 bits per heavy atom. The van der Waals surface area contributed by atoms with E-state index in [4.69, 9.17) is 4.52 Å². The molecule has 0 spiro atoms. The third-order valence-electron chi connectivity index (χ3n) is 2.95. The molecule has 6 heteroatoms. The van der Waals surface area contributed by atoms with Crippen LogP contribution >= 0.6 is 0 Å². The average molecular weight is 275 g/mol. The number of nitrogens with one attached hydrogen (secondary N) is 1. The SMILES string of the molecule is CCCCN(C)c1cc(C)nc(Nc2cc(C)on2)n1. The van der Waals surface area contributed by atoms with Crippen LogP contribution in [0, 0.1) is 13.8 Å². The molecule has 0 aliphatic heterocycles. The fraction of sp³-hybridized carbons (Fsp3) is 0.500. The van der Waals surface area contributed by atoms with Gasteiger partial charge < -0.3 is 14.7 Å². The highest BCUT2D eigenvalue weighted by Gasteiger charge is 2.08. The molecule has 0 fully saturated rings. The molecule has 2 aromatic heterocycles. The van der Waals surface area contributed by atoms with Gasteiger partial charge in [0.1, 0.15) is 11.6 Å². The first-order chi connectivity index (χ1) is 9.58. The maximum absolute atomic E-state index is 5.02. The molecule has 1 N–H and O–H groups in total. The minimum Gasteiger partial charge on any atom is -0.360 e. The van der Waals surface area contributed by atoms with Crippen molar-refractivity contribution in [1.82, 2.24) is 15.1 Å². The number of hydrogen-bond acceptors (Lipinski definition) is 6. The van der Waals surface area contributed by atoms with E-state index in [1.165, 1.54) is 0 Å². The number of unbranched alkanes of at least 4 members (excludes halogenated alkanes) is 1. The molecule has 0 saturated carbocycles. The van der Waals surface area contributed by atoms with E-state index >= 15 is 0 Å². The smallest absolute Gasteiger partial charge is 0.230 e. The minimum atomic E-state index is 0.539. The summed E-state index contributed by atoms with van der Waals surface area (Å²) in [6.07, 6.45) is 2.31. The quantitative estimate of drug-likeness (QED) is 0.874. The summed E-state index contributed by atoms with van der Waals surface area (Å²) < 4.78 is 5.02. The van der Waals surface area contributed by atoms with E-state index in [0.29, 0.717) is 11.8 Å². The Bertz CT molecular complexity index is 566. The topological polar surface area (TPSA) is 67.1 Å². The molecule has 0 aliphatic rings. The van der Waals surface area contributed by atoms with Crippen LogP contribution in [0.1, 0.15) is 31.2 Å². The van der Waals surface area contributed by atoms with Crippen LogP contribution in [0.2, 0.25) is 0 Å². The minimum absolute atomic E-state index is 0.539. The molecule has 0 atom stereocenters. The fourth-order valence-corrected chi connectivity index (χ4v) is 1.85. The highest BCUT2D eigenvalue weighted by Crippen LogP contribution is 2.17. The zero-order valence-electron chi connectivity index (χ0n) is 12.5. The van der Waals surface area contributed by atoms with Crippen LogP contribution in [-0.4, -0.2) is 28.7 Å². The van der Waals surface area contributed by atoms with Gasteiger partial charge in [-0.05, 0) is 20.3 Å². The van der Waals surface area contributed by atoms with E-state index in [1.54, 1.807) is 0 Å². The average Bonchev–Trinajstić information content (AvgIpc) is 2.80. The molecule has 0 saturated heterocycles. The summed E-state index contributed by atoms with van der Waals surface area (Å²) in [4.78, 5) is 11.0. The molecule has 0 unspecified atom stereocenters. The molecule has 0 radical (unpaired) electrons. The van der Waals surface area contributed by atoms with Crippen molar-refractivity contribution in [3.63, 3.8) is 0 Å². The molecule has 0 aromatic carbocycles. The molecular weight excluding hydrogens is 254 g/mol. The van der Waals surface area contributed by atoms with Crippen molar-refractivity contribution in [2.75, 3.05) is 23.8 Å². The van der Waals surface area contributed by atoms with Gasteiger partial charge in [0.2, 0.25) is 5.95 Å². The van der Waals surface area contributed by atoms with Crippen molar-refractivity contribution in [2.45, 2.75) is 33.6 Å². The monoisotopic (exact) mass is 275 g/mol. The molecule has 2 heterocycles. The standard InChI is InChI=1S/C14H21N5O/c1-5-6-7-19(4)13-8-10(2)15-14(17-13)16-12-9-11(3)20-18-12/h8-9H,5-7H2,1-4H3,(H,15,16,17,18). The van der Waals surface area contributed by atoms with Crippen LogP contribution in [0.3, 0.4) is 0 Å². The van der Waals surface area contributed by atoms with E-state index in [1.807, 2.05) is 33.0 Å². The lowest BCUT2D eigenvalue weighted by molar-refractivity contribution is 0.400. The molecule has 108 valence electrons. The second-order valence-corrected chi connectivity index (χ2v) is 4.91. The van der Waals surface area contributed by atoms with Gasteiger partial charge in [-0.1, -0.05) is 18.5 Å². The van der Waals surface area contributed by atoms with E-state index in [2.05, 4.69) is 32.3 Å². The van der Waals surface area contributed by atoms with Crippen molar-refractivity contribution in [2.24, 2.45) is 0 Å². The predicted octanol–water partition coefficient (Wildman–Crippen LogP) is 3.06. The third-order valence-corrected chi connectivity index (χ3v) is 2.95. The van der Waals surface area contributed by atoms with Crippen LogP contribution in [-0.2, 0) is 0 Å². The van der Waals surface area contributed by atoms with Crippen LogP contribution in [0.5, 0.6) is 0 Å². The van der Waals surface area contributed by atoms with Crippen molar-refractivity contribution in [3.8, 4) is 0 Å². The van der Waals surface area contributed by atoms with E-state index in [-0.39, 0.29) is 0 Å². The Morgan fingerprint density at radius 2 is 2.05 bits per heavy atom. The molecule has 0 bridgehead atoms. The predicted molar refractivity (Wildman–Crippen MR) is 79.5 cm³/mol. The van der Waals surface area contributed by atoms with E-state index in [9.17, 15) is 0 Å². The van der Waals surface area contributed by atoms with Gasteiger partial charge >= 0.3 is 0 Å². The molecule has 2 aromatic rings. The van der Waals surface area contributed by atoms with Crippen LogP contribution < -0.4 is 10.2 Å². The zero-order chi connectivity index (χ0) is 14.5. The molecule has 20 heavy (non-hydrogen) atoms.